The molecule has 2 aliphatic carbocycles. The van der Waals surface area contributed by atoms with Crippen molar-refractivity contribution in [2.45, 2.75) is 102 Å². The van der Waals surface area contributed by atoms with Gasteiger partial charge in [-0.1, -0.05) is 26.8 Å². The number of ketones is 1. The van der Waals surface area contributed by atoms with Gasteiger partial charge in [0.15, 0.2) is 11.4 Å². The monoisotopic (exact) mass is 523 g/mol. The Bertz CT molecular complexity index is 918. The van der Waals surface area contributed by atoms with Crippen LogP contribution in [0.2, 0.25) is 0 Å². The Balaban J connectivity index is 1.68. The zero-order chi connectivity index (χ0) is 27.4. The van der Waals surface area contributed by atoms with Crippen LogP contribution in [0.15, 0.2) is 12.7 Å². The Morgan fingerprint density at radius 2 is 1.84 bits per heavy atom. The van der Waals surface area contributed by atoms with Crippen molar-refractivity contribution in [3.63, 3.8) is 0 Å². The van der Waals surface area contributed by atoms with Crippen molar-refractivity contribution >= 4 is 11.8 Å². The number of rotatable bonds is 6. The third-order valence-corrected chi connectivity index (χ3v) is 9.96. The zero-order valence-electron chi connectivity index (χ0n) is 23.0. The van der Waals surface area contributed by atoms with Crippen molar-refractivity contribution in [2.75, 3.05) is 32.8 Å². The molecule has 210 valence electrons. The van der Waals surface area contributed by atoms with E-state index in [9.17, 15) is 24.9 Å². The van der Waals surface area contributed by atoms with Gasteiger partial charge in [-0.15, -0.1) is 6.58 Å². The number of aliphatic hydroxyl groups excluding tert-OH is 2. The van der Waals surface area contributed by atoms with Gasteiger partial charge in [0, 0.05) is 37.3 Å². The first kappa shape index (κ1) is 28.6. The molecule has 0 aromatic carbocycles. The number of morpholine rings is 1. The van der Waals surface area contributed by atoms with Gasteiger partial charge in [-0.2, -0.15) is 0 Å². The van der Waals surface area contributed by atoms with Gasteiger partial charge in [0.25, 0.3) is 0 Å². The number of Topliss-reactive ketones (excluding diaryl/α,β-unsaturated/α-hetero) is 1. The van der Waals surface area contributed by atoms with Crippen molar-refractivity contribution in [1.82, 2.24) is 4.90 Å². The highest BCUT2D eigenvalue weighted by Crippen LogP contribution is 2.67. The molecule has 0 bridgehead atoms. The van der Waals surface area contributed by atoms with Crippen LogP contribution in [0, 0.1) is 16.7 Å². The van der Waals surface area contributed by atoms with Gasteiger partial charge in [-0.25, -0.2) is 0 Å². The zero-order valence-corrected chi connectivity index (χ0v) is 23.0. The molecule has 0 amide bonds. The Morgan fingerprint density at radius 1 is 1.19 bits per heavy atom. The maximum Gasteiger partial charge on any atom is 0.306 e. The summed E-state index contributed by atoms with van der Waals surface area (Å²) in [6.45, 7) is 16.4. The van der Waals surface area contributed by atoms with Crippen LogP contribution in [-0.4, -0.2) is 99.9 Å². The predicted molar refractivity (Wildman–Crippen MR) is 136 cm³/mol. The highest BCUT2D eigenvalue weighted by atomic mass is 16.6. The number of hydrogen-bond acceptors (Lipinski definition) is 9. The average molecular weight is 524 g/mol. The molecule has 9 heteroatoms. The molecule has 4 aliphatic rings. The van der Waals surface area contributed by atoms with E-state index in [0.29, 0.717) is 32.5 Å². The second kappa shape index (κ2) is 9.68. The van der Waals surface area contributed by atoms with Crippen molar-refractivity contribution in [2.24, 2.45) is 16.7 Å². The molecule has 4 fully saturated rings. The van der Waals surface area contributed by atoms with Crippen molar-refractivity contribution in [3.05, 3.63) is 12.7 Å². The average Bonchev–Trinajstić information content (AvgIpc) is 2.83. The van der Waals surface area contributed by atoms with Crippen LogP contribution in [0.5, 0.6) is 0 Å². The highest BCUT2D eigenvalue weighted by molar-refractivity contribution is 5.92. The largest absolute Gasteiger partial charge is 0.459 e. The number of carbonyl (C=O) groups excluding carboxylic acids is 2. The maximum atomic E-state index is 13.8. The third-order valence-electron chi connectivity index (χ3n) is 9.96. The molecular weight excluding hydrogens is 478 g/mol. The smallest absolute Gasteiger partial charge is 0.306 e. The van der Waals surface area contributed by atoms with Crippen LogP contribution in [0.4, 0.5) is 0 Å². The minimum Gasteiger partial charge on any atom is -0.459 e. The predicted octanol–water partition coefficient (Wildman–Crippen LogP) is 1.61. The standard InChI is InChI=1S/C28H45NO8/c1-7-25(4)17-19(31)28(34)26(5)18(30)10-11-24(2,3)22(26)21(23(33)27(28,6)37-25)36-20(32)9-8-12-29-13-15-35-16-14-29/h7,18,21-23,30,33-34H,1,8-17H2,2-6H3/t18-,21-,22-,23-,25-,26-,27+,28-/m0/s1. The number of fused-ring (bicyclic) bond motifs is 3. The highest BCUT2D eigenvalue weighted by Gasteiger charge is 2.81. The van der Waals surface area contributed by atoms with Crippen LogP contribution >= 0.6 is 0 Å². The number of esters is 1. The van der Waals surface area contributed by atoms with E-state index in [-0.39, 0.29) is 12.8 Å². The van der Waals surface area contributed by atoms with E-state index >= 15 is 0 Å². The molecule has 2 heterocycles. The lowest BCUT2D eigenvalue weighted by molar-refractivity contribution is -0.370. The summed E-state index contributed by atoms with van der Waals surface area (Å²) in [5.41, 5.74) is -7.16. The van der Waals surface area contributed by atoms with E-state index in [0.717, 1.165) is 19.6 Å². The summed E-state index contributed by atoms with van der Waals surface area (Å²) in [5, 5.41) is 35.6. The molecule has 3 N–H and O–H groups in total. The Morgan fingerprint density at radius 3 is 2.46 bits per heavy atom. The Kier molecular flexibility index (Phi) is 7.49. The summed E-state index contributed by atoms with van der Waals surface area (Å²) in [6.07, 6.45) is -0.604. The minimum atomic E-state index is -2.21. The second-order valence-electron chi connectivity index (χ2n) is 12.8. The van der Waals surface area contributed by atoms with E-state index in [1.807, 2.05) is 13.8 Å². The second-order valence-corrected chi connectivity index (χ2v) is 12.8. The van der Waals surface area contributed by atoms with Gasteiger partial charge in [0.1, 0.15) is 17.8 Å². The molecule has 4 rings (SSSR count). The van der Waals surface area contributed by atoms with Crippen LogP contribution in [0.1, 0.15) is 66.7 Å². The Hall–Kier alpha value is -1.36. The number of nitrogens with zero attached hydrogens (tertiary/aromatic N) is 1. The molecule has 0 radical (unpaired) electrons. The number of ether oxygens (including phenoxy) is 3. The molecule has 2 aliphatic heterocycles. The summed E-state index contributed by atoms with van der Waals surface area (Å²) < 4.78 is 17.8. The lowest BCUT2D eigenvalue weighted by Gasteiger charge is -2.71. The molecule has 0 aromatic heterocycles. The summed E-state index contributed by atoms with van der Waals surface area (Å²) in [7, 11) is 0. The quantitative estimate of drug-likeness (QED) is 0.352. The van der Waals surface area contributed by atoms with E-state index in [1.54, 1.807) is 13.8 Å². The topological polar surface area (TPSA) is 126 Å². The summed E-state index contributed by atoms with van der Waals surface area (Å²) in [5.74, 6) is -1.67. The van der Waals surface area contributed by atoms with Crippen LogP contribution in [-0.2, 0) is 23.8 Å². The fraction of sp³-hybridized carbons (Fsp3) is 0.857. The molecular formula is C28H45NO8. The lowest BCUT2D eigenvalue weighted by Crippen LogP contribution is -2.86. The first-order chi connectivity index (χ1) is 17.2. The van der Waals surface area contributed by atoms with Gasteiger partial charge in [0.2, 0.25) is 0 Å². The van der Waals surface area contributed by atoms with Crippen LogP contribution in [0.3, 0.4) is 0 Å². The first-order valence-corrected chi connectivity index (χ1v) is 13.6. The minimum absolute atomic E-state index is 0.142. The van der Waals surface area contributed by atoms with Gasteiger partial charge < -0.3 is 29.5 Å². The fourth-order valence-electron chi connectivity index (χ4n) is 7.89. The van der Waals surface area contributed by atoms with Gasteiger partial charge in [-0.3, -0.25) is 14.5 Å². The van der Waals surface area contributed by atoms with Crippen molar-refractivity contribution in [1.29, 1.82) is 0 Å². The molecule has 37 heavy (non-hydrogen) atoms. The third kappa shape index (κ3) is 4.30. The summed E-state index contributed by atoms with van der Waals surface area (Å²) >= 11 is 0. The first-order valence-electron chi connectivity index (χ1n) is 13.6. The molecule has 0 spiro atoms. The van der Waals surface area contributed by atoms with E-state index in [4.69, 9.17) is 14.2 Å². The molecule has 9 nitrogen and oxygen atoms in total. The summed E-state index contributed by atoms with van der Waals surface area (Å²) in [4.78, 5) is 29.2. The SMILES string of the molecule is C=C[C@@]1(C)CC(=O)[C@]2(O)[C@@]3(C)[C@@H](O)CCC(C)(C)[C@@H]3[C@H](OC(=O)CCCN3CCOCC3)[C@H](O)[C@@]2(C)O1. The van der Waals surface area contributed by atoms with Gasteiger partial charge in [-0.05, 0) is 45.1 Å². The molecule has 2 saturated carbocycles. The molecule has 8 atom stereocenters. The Labute approximate surface area is 220 Å². The van der Waals surface area contributed by atoms with Crippen molar-refractivity contribution < 1.29 is 39.1 Å². The van der Waals surface area contributed by atoms with E-state index < -0.39 is 63.6 Å². The molecule has 0 aromatic rings. The van der Waals surface area contributed by atoms with Crippen LogP contribution < -0.4 is 0 Å². The molecule has 0 unspecified atom stereocenters. The van der Waals surface area contributed by atoms with Gasteiger partial charge in [0.05, 0.1) is 24.9 Å². The van der Waals surface area contributed by atoms with E-state index in [1.165, 1.54) is 13.0 Å². The number of hydrogen-bond donors (Lipinski definition) is 3. The van der Waals surface area contributed by atoms with Crippen LogP contribution in [0.25, 0.3) is 0 Å². The number of aliphatic hydroxyl groups is 3. The molecule has 2 saturated heterocycles. The normalized spacial score (nSPS) is 46.0. The lowest BCUT2D eigenvalue weighted by atomic mass is 9.40. The summed E-state index contributed by atoms with van der Waals surface area (Å²) in [6, 6.07) is 0. The maximum absolute atomic E-state index is 13.8. The van der Waals surface area contributed by atoms with E-state index in [2.05, 4.69) is 11.5 Å². The number of carbonyl (C=O) groups is 2. The fourth-order valence-corrected chi connectivity index (χ4v) is 7.89. The van der Waals surface area contributed by atoms with Gasteiger partial charge >= 0.3 is 5.97 Å². The van der Waals surface area contributed by atoms with Crippen molar-refractivity contribution in [3.8, 4) is 0 Å².